The number of nitrogens with two attached hydrogens (primary N) is 1. The van der Waals surface area contributed by atoms with Crippen LogP contribution in [0.4, 0.5) is 5.69 Å². The topological polar surface area (TPSA) is 43.8 Å². The predicted molar refractivity (Wildman–Crippen MR) is 76.9 cm³/mol. The molecule has 0 unspecified atom stereocenters. The van der Waals surface area contributed by atoms with Crippen LogP contribution in [0.3, 0.4) is 0 Å². The van der Waals surface area contributed by atoms with Gasteiger partial charge in [-0.15, -0.1) is 0 Å². The van der Waals surface area contributed by atoms with Crippen molar-refractivity contribution in [3.8, 4) is 11.3 Å². The van der Waals surface area contributed by atoms with E-state index in [0.717, 1.165) is 12.1 Å². The minimum Gasteiger partial charge on any atom is -0.396 e. The summed E-state index contributed by atoms with van der Waals surface area (Å²) in [7, 11) is 0. The molecule has 0 bridgehead atoms. The van der Waals surface area contributed by atoms with Crippen molar-refractivity contribution >= 4 is 28.9 Å². The molecule has 2 rings (SSSR count). The molecule has 96 valence electrons. The summed E-state index contributed by atoms with van der Waals surface area (Å²) in [6, 6.07) is 5.45. The predicted octanol–water partition coefficient (Wildman–Crippen LogP) is 4.10. The standard InChI is InChI=1S/C13H15Cl2N3/c1-8(2)6-18-7-11(16)13(17-18)9-4-3-5-10(14)12(9)15/h3-5,7-8H,6,16H2,1-2H3. The molecule has 1 heterocycles. The molecular formula is C13H15Cl2N3. The Bertz CT molecular complexity index is 561. The van der Waals surface area contributed by atoms with Crippen LogP contribution in [0.15, 0.2) is 24.4 Å². The number of aromatic nitrogens is 2. The second-order valence-corrected chi connectivity index (χ2v) is 5.44. The molecule has 0 fully saturated rings. The number of anilines is 1. The maximum Gasteiger partial charge on any atom is 0.117 e. The highest BCUT2D eigenvalue weighted by atomic mass is 35.5. The molecule has 18 heavy (non-hydrogen) atoms. The highest BCUT2D eigenvalue weighted by molar-refractivity contribution is 6.43. The molecule has 2 aromatic rings. The van der Waals surface area contributed by atoms with Gasteiger partial charge in [0.05, 0.1) is 15.7 Å². The second kappa shape index (κ2) is 5.21. The molecule has 0 amide bonds. The van der Waals surface area contributed by atoms with Gasteiger partial charge < -0.3 is 5.73 Å². The van der Waals surface area contributed by atoms with E-state index in [1.807, 2.05) is 23.0 Å². The van der Waals surface area contributed by atoms with Crippen LogP contribution < -0.4 is 5.73 Å². The summed E-state index contributed by atoms with van der Waals surface area (Å²) in [5.74, 6) is 0.506. The molecule has 5 heteroatoms. The maximum atomic E-state index is 6.18. The van der Waals surface area contributed by atoms with E-state index in [0.29, 0.717) is 27.3 Å². The molecule has 1 aromatic carbocycles. The van der Waals surface area contributed by atoms with Crippen molar-refractivity contribution in [2.75, 3.05) is 5.73 Å². The van der Waals surface area contributed by atoms with Crippen LogP contribution in [0.1, 0.15) is 13.8 Å². The average Bonchev–Trinajstić information content (AvgIpc) is 2.62. The second-order valence-electron chi connectivity index (χ2n) is 4.65. The van der Waals surface area contributed by atoms with Crippen molar-refractivity contribution in [1.29, 1.82) is 0 Å². The Morgan fingerprint density at radius 2 is 2.06 bits per heavy atom. The smallest absolute Gasteiger partial charge is 0.117 e. The number of hydrogen-bond donors (Lipinski definition) is 1. The monoisotopic (exact) mass is 283 g/mol. The van der Waals surface area contributed by atoms with E-state index in [1.54, 1.807) is 6.07 Å². The first-order chi connectivity index (χ1) is 8.49. The Morgan fingerprint density at radius 3 is 2.72 bits per heavy atom. The molecule has 2 N–H and O–H groups in total. The zero-order valence-corrected chi connectivity index (χ0v) is 11.8. The molecule has 0 aliphatic heterocycles. The van der Waals surface area contributed by atoms with Crippen LogP contribution >= 0.6 is 23.2 Å². The number of benzene rings is 1. The summed E-state index contributed by atoms with van der Waals surface area (Å²) >= 11 is 12.2. The van der Waals surface area contributed by atoms with Crippen molar-refractivity contribution in [2.45, 2.75) is 20.4 Å². The largest absolute Gasteiger partial charge is 0.396 e. The summed E-state index contributed by atoms with van der Waals surface area (Å²) in [5.41, 5.74) is 8.05. The third-order valence-electron chi connectivity index (χ3n) is 2.55. The Kier molecular flexibility index (Phi) is 3.83. The minimum absolute atomic E-state index is 0.487. The molecule has 0 saturated carbocycles. The van der Waals surface area contributed by atoms with Gasteiger partial charge in [-0.2, -0.15) is 5.10 Å². The number of halogens is 2. The fraction of sp³-hybridized carbons (Fsp3) is 0.308. The summed E-state index contributed by atoms with van der Waals surface area (Å²) in [6.45, 7) is 5.08. The number of nitrogens with zero attached hydrogens (tertiary/aromatic N) is 2. The average molecular weight is 284 g/mol. The van der Waals surface area contributed by atoms with Crippen LogP contribution in [0.25, 0.3) is 11.3 Å². The third-order valence-corrected chi connectivity index (χ3v) is 3.37. The highest BCUT2D eigenvalue weighted by Crippen LogP contribution is 2.35. The summed E-state index contributed by atoms with van der Waals surface area (Å²) < 4.78 is 1.84. The molecule has 0 aliphatic carbocycles. The van der Waals surface area contributed by atoms with E-state index >= 15 is 0 Å². The van der Waals surface area contributed by atoms with Crippen LogP contribution in [0, 0.1) is 5.92 Å². The number of nitrogen functional groups attached to an aromatic ring is 1. The highest BCUT2D eigenvalue weighted by Gasteiger charge is 2.14. The van der Waals surface area contributed by atoms with Crippen molar-refractivity contribution < 1.29 is 0 Å². The number of rotatable bonds is 3. The fourth-order valence-electron chi connectivity index (χ4n) is 1.80. The summed E-state index contributed by atoms with van der Waals surface area (Å²) in [5, 5.41) is 5.46. The molecular weight excluding hydrogens is 269 g/mol. The zero-order chi connectivity index (χ0) is 13.3. The van der Waals surface area contributed by atoms with Crippen LogP contribution in [0.5, 0.6) is 0 Å². The molecule has 0 aliphatic rings. The molecule has 0 saturated heterocycles. The van der Waals surface area contributed by atoms with Gasteiger partial charge in [0.25, 0.3) is 0 Å². The lowest BCUT2D eigenvalue weighted by Gasteiger charge is -2.05. The lowest BCUT2D eigenvalue weighted by Crippen LogP contribution is -2.04. The van der Waals surface area contributed by atoms with Crippen LogP contribution in [-0.4, -0.2) is 9.78 Å². The molecule has 0 radical (unpaired) electrons. The minimum atomic E-state index is 0.487. The van der Waals surface area contributed by atoms with Gasteiger partial charge in [-0.05, 0) is 12.0 Å². The van der Waals surface area contributed by atoms with E-state index in [1.165, 1.54) is 0 Å². The lowest BCUT2D eigenvalue weighted by atomic mass is 10.1. The summed E-state index contributed by atoms with van der Waals surface area (Å²) in [4.78, 5) is 0. The lowest BCUT2D eigenvalue weighted by molar-refractivity contribution is 0.484. The van der Waals surface area contributed by atoms with Gasteiger partial charge in [0, 0.05) is 18.3 Å². The Balaban J connectivity index is 2.44. The van der Waals surface area contributed by atoms with E-state index in [9.17, 15) is 0 Å². The normalized spacial score (nSPS) is 11.2. The van der Waals surface area contributed by atoms with Crippen molar-refractivity contribution in [3.05, 3.63) is 34.4 Å². The summed E-state index contributed by atoms with van der Waals surface area (Å²) in [6.07, 6.45) is 1.83. The van der Waals surface area contributed by atoms with E-state index < -0.39 is 0 Å². The van der Waals surface area contributed by atoms with Gasteiger partial charge in [-0.1, -0.05) is 49.2 Å². The zero-order valence-electron chi connectivity index (χ0n) is 10.3. The first kappa shape index (κ1) is 13.2. The van der Waals surface area contributed by atoms with Crippen molar-refractivity contribution in [1.82, 2.24) is 9.78 Å². The SMILES string of the molecule is CC(C)Cn1cc(N)c(-c2cccc(Cl)c2Cl)n1. The molecule has 3 nitrogen and oxygen atoms in total. The van der Waals surface area contributed by atoms with Crippen LogP contribution in [-0.2, 0) is 6.54 Å². The molecule has 1 aromatic heterocycles. The molecule has 0 atom stereocenters. The van der Waals surface area contributed by atoms with Gasteiger partial charge in [0.15, 0.2) is 0 Å². The third kappa shape index (κ3) is 2.62. The maximum absolute atomic E-state index is 6.18. The molecule has 0 spiro atoms. The van der Waals surface area contributed by atoms with E-state index in [2.05, 4.69) is 18.9 Å². The van der Waals surface area contributed by atoms with Crippen molar-refractivity contribution in [2.24, 2.45) is 5.92 Å². The fourth-order valence-corrected chi connectivity index (χ4v) is 2.19. The van der Waals surface area contributed by atoms with E-state index in [-0.39, 0.29) is 0 Å². The van der Waals surface area contributed by atoms with Gasteiger partial charge in [-0.25, -0.2) is 0 Å². The first-order valence-electron chi connectivity index (χ1n) is 5.76. The van der Waals surface area contributed by atoms with Gasteiger partial charge >= 0.3 is 0 Å². The number of hydrogen-bond acceptors (Lipinski definition) is 2. The van der Waals surface area contributed by atoms with Crippen molar-refractivity contribution in [3.63, 3.8) is 0 Å². The van der Waals surface area contributed by atoms with E-state index in [4.69, 9.17) is 28.9 Å². The Labute approximate surface area is 117 Å². The Hall–Kier alpha value is -1.19. The first-order valence-corrected chi connectivity index (χ1v) is 6.52. The quantitative estimate of drug-likeness (QED) is 0.922. The van der Waals surface area contributed by atoms with Gasteiger partial charge in [0.1, 0.15) is 5.69 Å². The Morgan fingerprint density at radius 1 is 1.33 bits per heavy atom. The van der Waals surface area contributed by atoms with Crippen LogP contribution in [0.2, 0.25) is 10.0 Å². The van der Waals surface area contributed by atoms with Gasteiger partial charge in [0.2, 0.25) is 0 Å². The van der Waals surface area contributed by atoms with Gasteiger partial charge in [-0.3, -0.25) is 4.68 Å².